The zero-order valence-electron chi connectivity index (χ0n) is 7.38. The van der Waals surface area contributed by atoms with Crippen molar-refractivity contribution >= 4 is 21.8 Å². The van der Waals surface area contributed by atoms with Crippen molar-refractivity contribution in [2.24, 2.45) is 4.99 Å². The number of nitrogens with zero attached hydrogens (tertiary/aromatic N) is 1. The molecule has 0 amide bonds. The second-order valence-corrected chi connectivity index (χ2v) is 3.85. The molecule has 1 heterocycles. The molecule has 1 aliphatic rings. The number of ether oxygens (including phenoxy) is 1. The van der Waals surface area contributed by atoms with Crippen molar-refractivity contribution in [3.8, 4) is 0 Å². The maximum Gasteiger partial charge on any atom is 0.216 e. The summed E-state index contributed by atoms with van der Waals surface area (Å²) in [6, 6.07) is 6.12. The van der Waals surface area contributed by atoms with E-state index >= 15 is 0 Å². The highest BCUT2D eigenvalue weighted by atomic mass is 79.9. The van der Waals surface area contributed by atoms with Gasteiger partial charge in [-0.2, -0.15) is 0 Å². The van der Waals surface area contributed by atoms with Crippen molar-refractivity contribution < 1.29 is 4.74 Å². The summed E-state index contributed by atoms with van der Waals surface area (Å²) in [5, 5.41) is 0. The molecule has 1 aromatic carbocycles. The van der Waals surface area contributed by atoms with Crippen LogP contribution in [0.4, 0.5) is 0 Å². The summed E-state index contributed by atoms with van der Waals surface area (Å²) in [6.45, 7) is 3.55. The average molecular weight is 240 g/mol. The third-order valence-electron chi connectivity index (χ3n) is 1.99. The van der Waals surface area contributed by atoms with E-state index in [1.165, 1.54) is 5.56 Å². The van der Waals surface area contributed by atoms with E-state index in [0.717, 1.165) is 22.5 Å². The van der Waals surface area contributed by atoms with Crippen molar-refractivity contribution in [3.05, 3.63) is 33.8 Å². The van der Waals surface area contributed by atoms with Crippen LogP contribution < -0.4 is 0 Å². The van der Waals surface area contributed by atoms with Crippen LogP contribution in [0.25, 0.3) is 0 Å². The summed E-state index contributed by atoms with van der Waals surface area (Å²) in [5.41, 5.74) is 2.27. The molecule has 1 aliphatic heterocycles. The van der Waals surface area contributed by atoms with Gasteiger partial charge in [-0.3, -0.25) is 0 Å². The molecule has 0 spiro atoms. The van der Waals surface area contributed by atoms with Gasteiger partial charge >= 0.3 is 0 Å². The first-order chi connectivity index (χ1) is 6.27. The molecule has 0 N–H and O–H groups in total. The van der Waals surface area contributed by atoms with Crippen LogP contribution in [0.2, 0.25) is 0 Å². The van der Waals surface area contributed by atoms with E-state index in [4.69, 9.17) is 4.74 Å². The SMILES string of the molecule is Cc1cc(C2=NCCO2)ccc1Br. The minimum Gasteiger partial charge on any atom is -0.476 e. The standard InChI is InChI=1S/C10H10BrNO/c1-7-6-8(2-3-9(7)11)10-12-4-5-13-10/h2-3,6H,4-5H2,1H3. The minimum atomic E-state index is 0.713. The molecule has 13 heavy (non-hydrogen) atoms. The van der Waals surface area contributed by atoms with Crippen molar-refractivity contribution in [2.45, 2.75) is 6.92 Å². The molecule has 0 saturated heterocycles. The van der Waals surface area contributed by atoms with Crippen LogP contribution in [0.5, 0.6) is 0 Å². The Kier molecular flexibility index (Phi) is 2.36. The van der Waals surface area contributed by atoms with Crippen LogP contribution in [0.15, 0.2) is 27.7 Å². The van der Waals surface area contributed by atoms with Gasteiger partial charge in [-0.1, -0.05) is 15.9 Å². The lowest BCUT2D eigenvalue weighted by atomic mass is 10.1. The van der Waals surface area contributed by atoms with Crippen molar-refractivity contribution in [2.75, 3.05) is 13.2 Å². The summed E-state index contributed by atoms with van der Waals surface area (Å²) < 4.78 is 6.49. The molecule has 2 rings (SSSR count). The summed E-state index contributed by atoms with van der Waals surface area (Å²) in [7, 11) is 0. The van der Waals surface area contributed by atoms with Crippen LogP contribution in [0, 0.1) is 6.92 Å². The van der Waals surface area contributed by atoms with Crippen molar-refractivity contribution in [1.82, 2.24) is 0 Å². The Morgan fingerprint density at radius 1 is 1.46 bits per heavy atom. The molecule has 3 heteroatoms. The fourth-order valence-corrected chi connectivity index (χ4v) is 1.53. The topological polar surface area (TPSA) is 21.6 Å². The van der Waals surface area contributed by atoms with Crippen LogP contribution in [-0.2, 0) is 4.74 Å². The van der Waals surface area contributed by atoms with E-state index in [2.05, 4.69) is 33.9 Å². The van der Waals surface area contributed by atoms with Gasteiger partial charge in [-0.15, -0.1) is 0 Å². The van der Waals surface area contributed by atoms with E-state index in [9.17, 15) is 0 Å². The quantitative estimate of drug-likeness (QED) is 0.739. The second-order valence-electron chi connectivity index (χ2n) is 3.00. The lowest BCUT2D eigenvalue weighted by Crippen LogP contribution is -2.01. The largest absolute Gasteiger partial charge is 0.476 e. The van der Waals surface area contributed by atoms with Gasteiger partial charge in [0.2, 0.25) is 5.90 Å². The monoisotopic (exact) mass is 239 g/mol. The molecule has 0 atom stereocenters. The summed E-state index contributed by atoms with van der Waals surface area (Å²) >= 11 is 3.46. The molecular weight excluding hydrogens is 230 g/mol. The zero-order chi connectivity index (χ0) is 9.26. The molecule has 0 aromatic heterocycles. The van der Waals surface area contributed by atoms with E-state index < -0.39 is 0 Å². The second kappa shape index (κ2) is 3.50. The van der Waals surface area contributed by atoms with Gasteiger partial charge in [0.05, 0.1) is 6.54 Å². The molecule has 0 unspecified atom stereocenters. The number of aryl methyl sites for hydroxylation is 1. The predicted octanol–water partition coefficient (Wildman–Crippen LogP) is 2.53. The van der Waals surface area contributed by atoms with Crippen LogP contribution >= 0.6 is 15.9 Å². The lowest BCUT2D eigenvalue weighted by Gasteiger charge is -2.03. The van der Waals surface area contributed by atoms with Gasteiger partial charge in [0.1, 0.15) is 6.61 Å². The minimum absolute atomic E-state index is 0.713. The number of benzene rings is 1. The third-order valence-corrected chi connectivity index (χ3v) is 2.88. The summed E-state index contributed by atoms with van der Waals surface area (Å²) in [6.07, 6.45) is 0. The molecule has 1 aromatic rings. The number of hydrogen-bond acceptors (Lipinski definition) is 2. The first-order valence-corrected chi connectivity index (χ1v) is 5.00. The lowest BCUT2D eigenvalue weighted by molar-refractivity contribution is 0.348. The highest BCUT2D eigenvalue weighted by Gasteiger charge is 2.10. The molecule has 2 nitrogen and oxygen atoms in total. The Morgan fingerprint density at radius 3 is 2.92 bits per heavy atom. The highest BCUT2D eigenvalue weighted by molar-refractivity contribution is 9.10. The fourth-order valence-electron chi connectivity index (χ4n) is 1.29. The van der Waals surface area contributed by atoms with Gasteiger partial charge in [0, 0.05) is 10.0 Å². The normalized spacial score (nSPS) is 15.4. The number of hydrogen-bond donors (Lipinski definition) is 0. The fraction of sp³-hybridized carbons (Fsp3) is 0.300. The van der Waals surface area contributed by atoms with Gasteiger partial charge < -0.3 is 4.74 Å². The van der Waals surface area contributed by atoms with Crippen molar-refractivity contribution in [3.63, 3.8) is 0 Å². The smallest absolute Gasteiger partial charge is 0.216 e. The van der Waals surface area contributed by atoms with E-state index in [0.29, 0.717) is 6.61 Å². The Bertz CT molecular complexity index is 360. The first-order valence-electron chi connectivity index (χ1n) is 4.21. The number of halogens is 1. The van der Waals surface area contributed by atoms with Gasteiger partial charge in [-0.25, -0.2) is 4.99 Å². The van der Waals surface area contributed by atoms with E-state index in [-0.39, 0.29) is 0 Å². The van der Waals surface area contributed by atoms with Crippen LogP contribution in [0.1, 0.15) is 11.1 Å². The first kappa shape index (κ1) is 8.75. The maximum absolute atomic E-state index is 5.37. The average Bonchev–Trinajstić information content (AvgIpc) is 2.62. The predicted molar refractivity (Wildman–Crippen MR) is 56.2 cm³/mol. The third kappa shape index (κ3) is 1.75. The van der Waals surface area contributed by atoms with Gasteiger partial charge in [0.15, 0.2) is 0 Å². The molecule has 0 aliphatic carbocycles. The van der Waals surface area contributed by atoms with Gasteiger partial charge in [-0.05, 0) is 30.7 Å². The van der Waals surface area contributed by atoms with Crippen molar-refractivity contribution in [1.29, 1.82) is 0 Å². The number of rotatable bonds is 1. The zero-order valence-corrected chi connectivity index (χ0v) is 8.97. The Balaban J connectivity index is 2.36. The van der Waals surface area contributed by atoms with Crippen LogP contribution in [-0.4, -0.2) is 19.0 Å². The molecule has 68 valence electrons. The Hall–Kier alpha value is -0.830. The number of aliphatic imine (C=N–C) groups is 1. The molecule has 0 saturated carbocycles. The molecule has 0 fully saturated rings. The Morgan fingerprint density at radius 2 is 2.31 bits per heavy atom. The highest BCUT2D eigenvalue weighted by Crippen LogP contribution is 2.18. The van der Waals surface area contributed by atoms with E-state index in [1.54, 1.807) is 0 Å². The van der Waals surface area contributed by atoms with E-state index in [1.807, 2.05) is 12.1 Å². The molecule has 0 bridgehead atoms. The Labute approximate surface area is 85.8 Å². The molecule has 0 radical (unpaired) electrons. The molecular formula is C10H10BrNO. The summed E-state index contributed by atoms with van der Waals surface area (Å²) in [5.74, 6) is 0.774. The summed E-state index contributed by atoms with van der Waals surface area (Å²) in [4.78, 5) is 4.26. The van der Waals surface area contributed by atoms with Gasteiger partial charge in [0.25, 0.3) is 0 Å². The maximum atomic E-state index is 5.37. The van der Waals surface area contributed by atoms with Crippen LogP contribution in [0.3, 0.4) is 0 Å².